The standard InChI is InChI=1S/C12H14N2OS/c1-8(15)7-14-6-5-9-10(12(13)16)3-2-4-11(9)14/h2-6,8,15H,7H2,1H3,(H2,13,16). The number of hydrogen-bond acceptors (Lipinski definition) is 2. The van der Waals surface area contributed by atoms with E-state index in [1.807, 2.05) is 35.0 Å². The highest BCUT2D eigenvalue weighted by Crippen LogP contribution is 2.20. The van der Waals surface area contributed by atoms with Crippen molar-refractivity contribution in [3.63, 3.8) is 0 Å². The van der Waals surface area contributed by atoms with Crippen molar-refractivity contribution in [3.05, 3.63) is 36.0 Å². The van der Waals surface area contributed by atoms with Crippen LogP contribution in [0.25, 0.3) is 10.9 Å². The van der Waals surface area contributed by atoms with Gasteiger partial charge in [0.1, 0.15) is 4.99 Å². The van der Waals surface area contributed by atoms with Crippen LogP contribution < -0.4 is 5.73 Å². The minimum absolute atomic E-state index is 0.371. The van der Waals surface area contributed by atoms with E-state index in [4.69, 9.17) is 18.0 Å². The van der Waals surface area contributed by atoms with Crippen LogP contribution in [-0.2, 0) is 6.54 Å². The monoisotopic (exact) mass is 234 g/mol. The molecule has 0 amide bonds. The second-order valence-corrected chi connectivity index (χ2v) is 4.36. The van der Waals surface area contributed by atoms with E-state index in [0.29, 0.717) is 11.5 Å². The normalized spacial score (nSPS) is 12.9. The summed E-state index contributed by atoms with van der Waals surface area (Å²) in [6.07, 6.45) is 1.57. The van der Waals surface area contributed by atoms with Crippen LogP contribution in [0.2, 0.25) is 0 Å². The highest BCUT2D eigenvalue weighted by atomic mass is 32.1. The molecule has 2 aromatic rings. The number of nitrogens with two attached hydrogens (primary N) is 1. The number of aliphatic hydroxyl groups is 1. The van der Waals surface area contributed by atoms with Gasteiger partial charge in [-0.25, -0.2) is 0 Å². The first-order valence-corrected chi connectivity index (χ1v) is 5.56. The molecule has 0 spiro atoms. The fourth-order valence-corrected chi connectivity index (χ4v) is 2.06. The fourth-order valence-electron chi connectivity index (χ4n) is 1.88. The van der Waals surface area contributed by atoms with Crippen LogP contribution >= 0.6 is 12.2 Å². The minimum atomic E-state index is -0.371. The van der Waals surface area contributed by atoms with Crippen molar-refractivity contribution in [1.82, 2.24) is 4.57 Å². The Morgan fingerprint density at radius 1 is 1.50 bits per heavy atom. The molecule has 1 atom stereocenters. The SMILES string of the molecule is CC(O)Cn1ccc2c(C(N)=S)cccc21. The first kappa shape index (κ1) is 11.1. The van der Waals surface area contributed by atoms with Gasteiger partial charge in [0, 0.05) is 29.2 Å². The van der Waals surface area contributed by atoms with Gasteiger partial charge in [-0.1, -0.05) is 24.4 Å². The Kier molecular flexibility index (Phi) is 2.94. The maximum Gasteiger partial charge on any atom is 0.104 e. The Labute approximate surface area is 99.5 Å². The van der Waals surface area contributed by atoms with Crippen LogP contribution in [0.4, 0.5) is 0 Å². The summed E-state index contributed by atoms with van der Waals surface area (Å²) in [6, 6.07) is 7.82. The van der Waals surface area contributed by atoms with Gasteiger partial charge >= 0.3 is 0 Å². The summed E-state index contributed by atoms with van der Waals surface area (Å²) in [5.41, 5.74) is 7.60. The van der Waals surface area contributed by atoms with Gasteiger partial charge in [-0.2, -0.15) is 0 Å². The average molecular weight is 234 g/mol. The molecule has 0 fully saturated rings. The molecule has 0 saturated carbocycles. The number of thiocarbonyl (C=S) groups is 1. The van der Waals surface area contributed by atoms with E-state index in [2.05, 4.69) is 0 Å². The van der Waals surface area contributed by atoms with Crippen molar-refractivity contribution in [2.24, 2.45) is 5.73 Å². The molecule has 3 nitrogen and oxygen atoms in total. The molecule has 0 aliphatic rings. The molecule has 0 aliphatic heterocycles. The van der Waals surface area contributed by atoms with Gasteiger partial charge in [0.2, 0.25) is 0 Å². The highest BCUT2D eigenvalue weighted by Gasteiger charge is 2.08. The number of aliphatic hydroxyl groups excluding tert-OH is 1. The first-order valence-electron chi connectivity index (χ1n) is 5.15. The highest BCUT2D eigenvalue weighted by molar-refractivity contribution is 7.80. The molecule has 1 aromatic carbocycles. The third-order valence-electron chi connectivity index (χ3n) is 2.54. The van der Waals surface area contributed by atoms with Crippen molar-refractivity contribution in [1.29, 1.82) is 0 Å². The fraction of sp³-hybridized carbons (Fsp3) is 0.250. The van der Waals surface area contributed by atoms with Gasteiger partial charge in [-0.05, 0) is 19.1 Å². The van der Waals surface area contributed by atoms with Gasteiger partial charge in [0.05, 0.1) is 6.10 Å². The minimum Gasteiger partial charge on any atom is -0.392 e. The topological polar surface area (TPSA) is 51.2 Å². The third kappa shape index (κ3) is 1.94. The Balaban J connectivity index is 2.57. The number of benzene rings is 1. The quantitative estimate of drug-likeness (QED) is 0.794. The van der Waals surface area contributed by atoms with E-state index in [-0.39, 0.29) is 6.10 Å². The number of rotatable bonds is 3. The Morgan fingerprint density at radius 2 is 2.25 bits per heavy atom. The van der Waals surface area contributed by atoms with Crippen LogP contribution in [0.15, 0.2) is 30.5 Å². The lowest BCUT2D eigenvalue weighted by Gasteiger charge is -2.08. The van der Waals surface area contributed by atoms with Crippen molar-refractivity contribution in [2.75, 3.05) is 0 Å². The number of aromatic nitrogens is 1. The molecule has 0 saturated heterocycles. The van der Waals surface area contributed by atoms with E-state index < -0.39 is 0 Å². The second kappa shape index (κ2) is 4.23. The lowest BCUT2D eigenvalue weighted by molar-refractivity contribution is 0.175. The molecule has 0 bridgehead atoms. The van der Waals surface area contributed by atoms with Gasteiger partial charge in [0.25, 0.3) is 0 Å². The molecule has 1 unspecified atom stereocenters. The maximum absolute atomic E-state index is 9.39. The zero-order valence-electron chi connectivity index (χ0n) is 9.05. The number of nitrogens with zero attached hydrogens (tertiary/aromatic N) is 1. The number of hydrogen-bond donors (Lipinski definition) is 2. The largest absolute Gasteiger partial charge is 0.392 e. The van der Waals surface area contributed by atoms with Crippen LogP contribution in [-0.4, -0.2) is 20.8 Å². The molecular formula is C12H14N2OS. The van der Waals surface area contributed by atoms with Gasteiger partial charge in [-0.15, -0.1) is 0 Å². The molecule has 3 N–H and O–H groups in total. The predicted octanol–water partition coefficient (Wildman–Crippen LogP) is 1.66. The Bertz CT molecular complexity index is 531. The lowest BCUT2D eigenvalue weighted by Crippen LogP contribution is -2.11. The third-order valence-corrected chi connectivity index (χ3v) is 2.76. The predicted molar refractivity (Wildman–Crippen MR) is 69.5 cm³/mol. The molecular weight excluding hydrogens is 220 g/mol. The van der Waals surface area contributed by atoms with Crippen LogP contribution in [0, 0.1) is 0 Å². The van der Waals surface area contributed by atoms with E-state index in [0.717, 1.165) is 16.5 Å². The average Bonchev–Trinajstić information content (AvgIpc) is 2.60. The summed E-state index contributed by atoms with van der Waals surface area (Å²) in [7, 11) is 0. The molecule has 0 radical (unpaired) electrons. The summed E-state index contributed by atoms with van der Waals surface area (Å²) in [5, 5.41) is 10.4. The van der Waals surface area contributed by atoms with E-state index in [1.54, 1.807) is 6.92 Å². The van der Waals surface area contributed by atoms with E-state index >= 15 is 0 Å². The summed E-state index contributed by atoms with van der Waals surface area (Å²) in [5.74, 6) is 0. The molecule has 0 aliphatic carbocycles. The van der Waals surface area contributed by atoms with Crippen molar-refractivity contribution in [3.8, 4) is 0 Å². The van der Waals surface area contributed by atoms with Crippen molar-refractivity contribution in [2.45, 2.75) is 19.6 Å². The Hall–Kier alpha value is -1.39. The molecule has 4 heteroatoms. The van der Waals surface area contributed by atoms with E-state index in [1.165, 1.54) is 0 Å². The van der Waals surface area contributed by atoms with Crippen LogP contribution in [0.1, 0.15) is 12.5 Å². The molecule has 1 heterocycles. The van der Waals surface area contributed by atoms with Crippen molar-refractivity contribution >= 4 is 28.1 Å². The Morgan fingerprint density at radius 3 is 2.88 bits per heavy atom. The molecule has 1 aromatic heterocycles. The second-order valence-electron chi connectivity index (χ2n) is 3.92. The van der Waals surface area contributed by atoms with Gasteiger partial charge < -0.3 is 15.4 Å². The summed E-state index contributed by atoms with van der Waals surface area (Å²) in [4.78, 5) is 0.403. The molecule has 84 valence electrons. The van der Waals surface area contributed by atoms with Gasteiger partial charge in [-0.3, -0.25) is 0 Å². The molecule has 2 rings (SSSR count). The first-order chi connectivity index (χ1) is 7.59. The smallest absolute Gasteiger partial charge is 0.104 e. The summed E-state index contributed by atoms with van der Waals surface area (Å²) >= 11 is 5.01. The zero-order valence-corrected chi connectivity index (χ0v) is 9.87. The van der Waals surface area contributed by atoms with E-state index in [9.17, 15) is 5.11 Å². The van der Waals surface area contributed by atoms with Gasteiger partial charge in [0.15, 0.2) is 0 Å². The maximum atomic E-state index is 9.39. The summed E-state index contributed by atoms with van der Waals surface area (Å²) in [6.45, 7) is 2.34. The number of fused-ring (bicyclic) bond motifs is 1. The van der Waals surface area contributed by atoms with Crippen LogP contribution in [0.5, 0.6) is 0 Å². The zero-order chi connectivity index (χ0) is 11.7. The molecule has 16 heavy (non-hydrogen) atoms. The summed E-state index contributed by atoms with van der Waals surface area (Å²) < 4.78 is 2.00. The lowest BCUT2D eigenvalue weighted by atomic mass is 10.1. The van der Waals surface area contributed by atoms with Crippen LogP contribution in [0.3, 0.4) is 0 Å². The van der Waals surface area contributed by atoms with Crippen molar-refractivity contribution < 1.29 is 5.11 Å².